The number of hydrogen-bond donors (Lipinski definition) is 2. The number of methoxy groups -OCH3 is 2. The molecule has 0 amide bonds. The molecule has 1 heterocycles. The summed E-state index contributed by atoms with van der Waals surface area (Å²) in [5.41, 5.74) is 4.99. The molecule has 0 saturated carbocycles. The quantitative estimate of drug-likeness (QED) is 0.603. The van der Waals surface area contributed by atoms with E-state index in [0.29, 0.717) is 23.2 Å². The van der Waals surface area contributed by atoms with Crippen molar-refractivity contribution in [1.82, 2.24) is 9.78 Å². The standard InChI is InChI=1S/C21H24N4O2S/c1-14-8-15(2)25(24-14)13-16-6-5-7-17(9-16)22-21(28)23-18-10-19(26-3)12-20(11-18)27-4/h5-12H,13H2,1-4H3,(H2,22,23,28). The number of aryl methyl sites for hydroxylation is 2. The van der Waals surface area contributed by atoms with Crippen molar-refractivity contribution < 1.29 is 9.47 Å². The summed E-state index contributed by atoms with van der Waals surface area (Å²) >= 11 is 5.45. The Kier molecular flexibility index (Phi) is 6.16. The fourth-order valence-corrected chi connectivity index (χ4v) is 3.16. The number of nitrogens with one attached hydrogen (secondary N) is 2. The highest BCUT2D eigenvalue weighted by molar-refractivity contribution is 7.80. The second-order valence-electron chi connectivity index (χ2n) is 6.47. The molecule has 7 heteroatoms. The van der Waals surface area contributed by atoms with E-state index in [1.165, 1.54) is 0 Å². The Hall–Kier alpha value is -3.06. The van der Waals surface area contributed by atoms with E-state index in [0.717, 1.165) is 28.3 Å². The van der Waals surface area contributed by atoms with Gasteiger partial charge in [0.05, 0.1) is 26.5 Å². The highest BCUT2D eigenvalue weighted by atomic mass is 32.1. The second-order valence-corrected chi connectivity index (χ2v) is 6.87. The Morgan fingerprint density at radius 3 is 2.25 bits per heavy atom. The van der Waals surface area contributed by atoms with Gasteiger partial charge in [0, 0.05) is 35.3 Å². The van der Waals surface area contributed by atoms with E-state index in [-0.39, 0.29) is 0 Å². The van der Waals surface area contributed by atoms with Crippen LogP contribution < -0.4 is 20.1 Å². The number of rotatable bonds is 6. The molecule has 0 bridgehead atoms. The number of hydrogen-bond acceptors (Lipinski definition) is 4. The van der Waals surface area contributed by atoms with Crippen LogP contribution in [0.15, 0.2) is 48.5 Å². The normalized spacial score (nSPS) is 10.4. The zero-order chi connectivity index (χ0) is 20.1. The van der Waals surface area contributed by atoms with Crippen molar-refractivity contribution in [3.8, 4) is 11.5 Å². The second kappa shape index (κ2) is 8.75. The van der Waals surface area contributed by atoms with Gasteiger partial charge in [-0.25, -0.2) is 0 Å². The average molecular weight is 397 g/mol. The number of ether oxygens (including phenoxy) is 2. The van der Waals surface area contributed by atoms with E-state index < -0.39 is 0 Å². The van der Waals surface area contributed by atoms with Crippen LogP contribution in [0.2, 0.25) is 0 Å². The van der Waals surface area contributed by atoms with E-state index in [1.54, 1.807) is 14.2 Å². The maximum Gasteiger partial charge on any atom is 0.175 e. The maximum atomic E-state index is 5.45. The molecule has 6 nitrogen and oxygen atoms in total. The van der Waals surface area contributed by atoms with Gasteiger partial charge in [-0.05, 0) is 49.8 Å². The summed E-state index contributed by atoms with van der Waals surface area (Å²) in [5.74, 6) is 1.38. The molecule has 3 rings (SSSR count). The van der Waals surface area contributed by atoms with Crippen molar-refractivity contribution in [3.05, 3.63) is 65.5 Å². The van der Waals surface area contributed by atoms with Gasteiger partial charge in [0.2, 0.25) is 0 Å². The average Bonchev–Trinajstić information content (AvgIpc) is 2.98. The van der Waals surface area contributed by atoms with Gasteiger partial charge in [0.1, 0.15) is 11.5 Å². The van der Waals surface area contributed by atoms with Gasteiger partial charge in [0.25, 0.3) is 0 Å². The summed E-state index contributed by atoms with van der Waals surface area (Å²) in [7, 11) is 3.23. The number of aromatic nitrogens is 2. The summed E-state index contributed by atoms with van der Waals surface area (Å²) in [4.78, 5) is 0. The topological polar surface area (TPSA) is 60.3 Å². The van der Waals surface area contributed by atoms with Crippen LogP contribution >= 0.6 is 12.2 Å². The third-order valence-electron chi connectivity index (χ3n) is 4.23. The van der Waals surface area contributed by atoms with E-state index in [4.69, 9.17) is 21.7 Å². The summed E-state index contributed by atoms with van der Waals surface area (Å²) in [6.45, 7) is 4.77. The minimum atomic E-state index is 0.485. The lowest BCUT2D eigenvalue weighted by atomic mass is 10.2. The van der Waals surface area contributed by atoms with E-state index >= 15 is 0 Å². The van der Waals surface area contributed by atoms with Gasteiger partial charge in [-0.2, -0.15) is 5.10 Å². The summed E-state index contributed by atoms with van der Waals surface area (Å²) in [6.07, 6.45) is 0. The van der Waals surface area contributed by atoms with Crippen LogP contribution in [0, 0.1) is 13.8 Å². The van der Waals surface area contributed by atoms with Crippen LogP contribution in [0.3, 0.4) is 0 Å². The molecule has 0 fully saturated rings. The molecule has 3 aromatic rings. The highest BCUT2D eigenvalue weighted by Gasteiger charge is 2.06. The molecule has 0 saturated heterocycles. The zero-order valence-corrected chi connectivity index (χ0v) is 17.3. The lowest BCUT2D eigenvalue weighted by molar-refractivity contribution is 0.395. The third-order valence-corrected chi connectivity index (χ3v) is 4.43. The summed E-state index contributed by atoms with van der Waals surface area (Å²) in [6, 6.07) is 15.7. The molecule has 28 heavy (non-hydrogen) atoms. The zero-order valence-electron chi connectivity index (χ0n) is 16.4. The van der Waals surface area contributed by atoms with Gasteiger partial charge in [-0.15, -0.1) is 0 Å². The number of thiocarbonyl (C=S) groups is 1. The van der Waals surface area contributed by atoms with Crippen LogP contribution in [0.4, 0.5) is 11.4 Å². The van der Waals surface area contributed by atoms with Crippen LogP contribution in [0.25, 0.3) is 0 Å². The van der Waals surface area contributed by atoms with Crippen molar-refractivity contribution in [1.29, 1.82) is 0 Å². The Bertz CT molecular complexity index is 962. The van der Waals surface area contributed by atoms with Crippen LogP contribution in [0.5, 0.6) is 11.5 Å². The van der Waals surface area contributed by atoms with Gasteiger partial charge >= 0.3 is 0 Å². The van der Waals surface area contributed by atoms with Gasteiger partial charge in [0.15, 0.2) is 5.11 Å². The monoisotopic (exact) mass is 396 g/mol. The predicted molar refractivity (Wildman–Crippen MR) is 117 cm³/mol. The minimum absolute atomic E-state index is 0.485. The molecule has 0 aliphatic carbocycles. The van der Waals surface area contributed by atoms with Crippen molar-refractivity contribution >= 4 is 28.7 Å². The predicted octanol–water partition coefficient (Wildman–Crippen LogP) is 4.37. The molecule has 0 aliphatic heterocycles. The molecule has 0 aliphatic rings. The lowest BCUT2D eigenvalue weighted by Crippen LogP contribution is -2.19. The number of nitrogens with zero attached hydrogens (tertiary/aromatic N) is 2. The first kappa shape index (κ1) is 19.7. The van der Waals surface area contributed by atoms with Gasteiger partial charge < -0.3 is 20.1 Å². The lowest BCUT2D eigenvalue weighted by Gasteiger charge is -2.14. The van der Waals surface area contributed by atoms with Crippen molar-refractivity contribution in [3.63, 3.8) is 0 Å². The number of anilines is 2. The van der Waals surface area contributed by atoms with Crippen molar-refractivity contribution in [2.45, 2.75) is 20.4 Å². The SMILES string of the molecule is COc1cc(NC(=S)Nc2cccc(Cn3nc(C)cc3C)c2)cc(OC)c1. The maximum absolute atomic E-state index is 5.45. The van der Waals surface area contributed by atoms with Crippen molar-refractivity contribution in [2.24, 2.45) is 0 Å². The minimum Gasteiger partial charge on any atom is -0.497 e. The highest BCUT2D eigenvalue weighted by Crippen LogP contribution is 2.26. The first-order valence-corrected chi connectivity index (χ1v) is 9.28. The number of benzene rings is 2. The molecule has 0 unspecified atom stereocenters. The Morgan fingerprint density at radius 2 is 1.64 bits per heavy atom. The third kappa shape index (κ3) is 5.01. The molecule has 1 aromatic heterocycles. The first-order valence-electron chi connectivity index (χ1n) is 8.88. The molecular weight excluding hydrogens is 372 g/mol. The van der Waals surface area contributed by atoms with Crippen LogP contribution in [-0.2, 0) is 6.54 Å². The van der Waals surface area contributed by atoms with Gasteiger partial charge in [-0.3, -0.25) is 4.68 Å². The smallest absolute Gasteiger partial charge is 0.175 e. The molecule has 0 spiro atoms. The Balaban J connectivity index is 1.68. The Labute approximate surface area is 170 Å². The van der Waals surface area contributed by atoms with Crippen LogP contribution in [0.1, 0.15) is 17.0 Å². The fraction of sp³-hybridized carbons (Fsp3) is 0.238. The molecular formula is C21H24N4O2S. The molecule has 0 atom stereocenters. The molecule has 2 N–H and O–H groups in total. The molecule has 2 aromatic carbocycles. The fourth-order valence-electron chi connectivity index (χ4n) is 2.93. The molecule has 0 radical (unpaired) electrons. The van der Waals surface area contributed by atoms with Crippen molar-refractivity contribution in [2.75, 3.05) is 24.9 Å². The van der Waals surface area contributed by atoms with Crippen LogP contribution in [-0.4, -0.2) is 29.1 Å². The van der Waals surface area contributed by atoms with E-state index in [2.05, 4.69) is 40.9 Å². The van der Waals surface area contributed by atoms with Gasteiger partial charge in [-0.1, -0.05) is 12.1 Å². The Morgan fingerprint density at radius 1 is 0.964 bits per heavy atom. The summed E-state index contributed by atoms with van der Waals surface area (Å²) in [5, 5.41) is 11.4. The van der Waals surface area contributed by atoms with E-state index in [9.17, 15) is 0 Å². The van der Waals surface area contributed by atoms with E-state index in [1.807, 2.05) is 41.9 Å². The first-order chi connectivity index (χ1) is 13.5. The molecule has 146 valence electrons. The largest absolute Gasteiger partial charge is 0.497 e. The summed E-state index contributed by atoms with van der Waals surface area (Å²) < 4.78 is 12.6.